The SMILES string of the molecule is CC(C)(CC(=O)O)NC(=O)NCCn1ccnc1. The van der Waals surface area contributed by atoms with Crippen LogP contribution in [0, 0.1) is 0 Å². The van der Waals surface area contributed by atoms with Crippen molar-refractivity contribution < 1.29 is 14.7 Å². The number of amides is 2. The Morgan fingerprint density at radius 2 is 2.17 bits per heavy atom. The minimum Gasteiger partial charge on any atom is -0.481 e. The maximum absolute atomic E-state index is 11.5. The molecule has 0 atom stereocenters. The first kappa shape index (κ1) is 14.0. The quantitative estimate of drug-likeness (QED) is 0.686. The van der Waals surface area contributed by atoms with Crippen LogP contribution in [0.5, 0.6) is 0 Å². The molecule has 3 N–H and O–H groups in total. The zero-order valence-electron chi connectivity index (χ0n) is 10.5. The highest BCUT2D eigenvalue weighted by atomic mass is 16.4. The Morgan fingerprint density at radius 1 is 1.44 bits per heavy atom. The summed E-state index contributed by atoms with van der Waals surface area (Å²) >= 11 is 0. The minimum absolute atomic E-state index is 0.123. The fourth-order valence-electron chi connectivity index (χ4n) is 1.49. The van der Waals surface area contributed by atoms with Crippen molar-refractivity contribution in [1.82, 2.24) is 20.2 Å². The van der Waals surface area contributed by atoms with Crippen LogP contribution in [0.4, 0.5) is 4.79 Å². The third-order valence-electron chi connectivity index (χ3n) is 2.26. The number of hydrogen-bond acceptors (Lipinski definition) is 3. The van der Waals surface area contributed by atoms with E-state index >= 15 is 0 Å². The lowest BCUT2D eigenvalue weighted by Gasteiger charge is -2.24. The summed E-state index contributed by atoms with van der Waals surface area (Å²) in [5, 5.41) is 14.0. The average Bonchev–Trinajstić information content (AvgIpc) is 2.66. The number of carbonyl (C=O) groups excluding carboxylic acids is 1. The molecule has 1 aromatic rings. The summed E-state index contributed by atoms with van der Waals surface area (Å²) in [6, 6.07) is -0.374. The van der Waals surface area contributed by atoms with Crippen molar-refractivity contribution in [2.75, 3.05) is 6.54 Å². The zero-order chi connectivity index (χ0) is 13.6. The Hall–Kier alpha value is -2.05. The Bertz CT molecular complexity index is 400. The van der Waals surface area contributed by atoms with Crippen LogP contribution in [0.2, 0.25) is 0 Å². The molecule has 0 radical (unpaired) electrons. The first-order valence-corrected chi connectivity index (χ1v) is 5.62. The number of carboxylic acids is 1. The smallest absolute Gasteiger partial charge is 0.315 e. The van der Waals surface area contributed by atoms with Crippen LogP contribution >= 0.6 is 0 Å². The molecule has 0 aliphatic rings. The predicted octanol–water partition coefficient (Wildman–Crippen LogP) is 0.436. The van der Waals surface area contributed by atoms with Crippen LogP contribution in [0.3, 0.4) is 0 Å². The van der Waals surface area contributed by atoms with Gasteiger partial charge in [0, 0.05) is 31.0 Å². The van der Waals surface area contributed by atoms with Crippen LogP contribution in [0.15, 0.2) is 18.7 Å². The molecule has 1 aromatic heterocycles. The number of rotatable bonds is 6. The van der Waals surface area contributed by atoms with Crippen molar-refractivity contribution in [2.24, 2.45) is 0 Å². The highest BCUT2D eigenvalue weighted by Crippen LogP contribution is 2.07. The van der Waals surface area contributed by atoms with E-state index in [1.165, 1.54) is 0 Å². The van der Waals surface area contributed by atoms with Crippen molar-refractivity contribution in [3.63, 3.8) is 0 Å². The molecule has 100 valence electrons. The molecular formula is C11H18N4O3. The molecule has 0 saturated heterocycles. The molecule has 0 bridgehead atoms. The number of aromatic nitrogens is 2. The summed E-state index contributed by atoms with van der Waals surface area (Å²) in [6.45, 7) is 4.39. The Balaban J connectivity index is 2.26. The lowest BCUT2D eigenvalue weighted by atomic mass is 10.0. The van der Waals surface area contributed by atoms with Gasteiger partial charge in [-0.25, -0.2) is 9.78 Å². The van der Waals surface area contributed by atoms with Crippen LogP contribution < -0.4 is 10.6 Å². The van der Waals surface area contributed by atoms with E-state index in [2.05, 4.69) is 15.6 Å². The lowest BCUT2D eigenvalue weighted by Crippen LogP contribution is -2.49. The molecule has 0 spiro atoms. The third kappa shape index (κ3) is 5.33. The van der Waals surface area contributed by atoms with Crippen LogP contribution in [-0.4, -0.2) is 38.7 Å². The monoisotopic (exact) mass is 254 g/mol. The van der Waals surface area contributed by atoms with Gasteiger partial charge in [0.1, 0.15) is 0 Å². The molecule has 0 unspecified atom stereocenters. The topological polar surface area (TPSA) is 96.3 Å². The van der Waals surface area contributed by atoms with Gasteiger partial charge < -0.3 is 20.3 Å². The van der Waals surface area contributed by atoms with Gasteiger partial charge in [0.15, 0.2) is 0 Å². The van der Waals surface area contributed by atoms with E-state index in [4.69, 9.17) is 5.11 Å². The highest BCUT2D eigenvalue weighted by molar-refractivity contribution is 5.76. The van der Waals surface area contributed by atoms with E-state index in [0.717, 1.165) is 0 Å². The first-order valence-electron chi connectivity index (χ1n) is 5.62. The number of carboxylic acid groups (broad SMARTS) is 1. The normalized spacial score (nSPS) is 11.0. The maximum atomic E-state index is 11.5. The van der Waals surface area contributed by atoms with Gasteiger partial charge in [0.25, 0.3) is 0 Å². The van der Waals surface area contributed by atoms with Gasteiger partial charge >= 0.3 is 12.0 Å². The second kappa shape index (κ2) is 6.04. The molecule has 0 aliphatic carbocycles. The maximum Gasteiger partial charge on any atom is 0.315 e. The second-order valence-electron chi connectivity index (χ2n) is 4.64. The number of nitrogens with zero attached hydrogens (tertiary/aromatic N) is 2. The average molecular weight is 254 g/mol. The predicted molar refractivity (Wildman–Crippen MR) is 65.1 cm³/mol. The largest absolute Gasteiger partial charge is 0.481 e. The van der Waals surface area contributed by atoms with Crippen molar-refractivity contribution in [3.05, 3.63) is 18.7 Å². The van der Waals surface area contributed by atoms with Gasteiger partial charge in [-0.1, -0.05) is 0 Å². The summed E-state index contributed by atoms with van der Waals surface area (Å²) in [7, 11) is 0. The van der Waals surface area contributed by atoms with Crippen molar-refractivity contribution in [2.45, 2.75) is 32.4 Å². The molecule has 0 fully saturated rings. The van der Waals surface area contributed by atoms with Gasteiger partial charge in [-0.3, -0.25) is 4.79 Å². The summed E-state index contributed by atoms with van der Waals surface area (Å²) in [6.07, 6.45) is 5.00. The van der Waals surface area contributed by atoms with E-state index in [0.29, 0.717) is 13.1 Å². The molecule has 18 heavy (non-hydrogen) atoms. The highest BCUT2D eigenvalue weighted by Gasteiger charge is 2.23. The summed E-state index contributed by atoms with van der Waals surface area (Å²) < 4.78 is 1.84. The number of imidazole rings is 1. The number of hydrogen-bond donors (Lipinski definition) is 3. The first-order chi connectivity index (χ1) is 8.39. The van der Waals surface area contributed by atoms with Crippen LogP contribution in [0.25, 0.3) is 0 Å². The summed E-state index contributed by atoms with van der Waals surface area (Å²) in [5.41, 5.74) is -0.773. The molecule has 0 saturated carbocycles. The second-order valence-corrected chi connectivity index (χ2v) is 4.64. The lowest BCUT2D eigenvalue weighted by molar-refractivity contribution is -0.138. The van der Waals surface area contributed by atoms with Gasteiger partial charge in [-0.2, -0.15) is 0 Å². The number of aliphatic carboxylic acids is 1. The molecule has 0 aliphatic heterocycles. The van der Waals surface area contributed by atoms with Crippen molar-refractivity contribution in [1.29, 1.82) is 0 Å². The Kier molecular flexibility index (Phi) is 4.70. The van der Waals surface area contributed by atoms with Crippen LogP contribution in [0.1, 0.15) is 20.3 Å². The van der Waals surface area contributed by atoms with Crippen LogP contribution in [-0.2, 0) is 11.3 Å². The third-order valence-corrected chi connectivity index (χ3v) is 2.26. The van der Waals surface area contributed by atoms with Gasteiger partial charge in [-0.05, 0) is 13.8 Å². The van der Waals surface area contributed by atoms with E-state index < -0.39 is 11.5 Å². The number of nitrogens with one attached hydrogen (secondary N) is 2. The van der Waals surface area contributed by atoms with E-state index in [1.807, 2.05) is 4.57 Å². The Labute approximate surface area is 105 Å². The molecule has 1 rings (SSSR count). The molecule has 7 nitrogen and oxygen atoms in total. The fraction of sp³-hybridized carbons (Fsp3) is 0.545. The van der Waals surface area contributed by atoms with E-state index in [1.54, 1.807) is 32.6 Å². The van der Waals surface area contributed by atoms with Crippen molar-refractivity contribution >= 4 is 12.0 Å². The zero-order valence-corrected chi connectivity index (χ0v) is 10.5. The molecule has 7 heteroatoms. The van der Waals surface area contributed by atoms with Gasteiger partial charge in [0.2, 0.25) is 0 Å². The summed E-state index contributed by atoms with van der Waals surface area (Å²) in [5.74, 6) is -0.946. The molecule has 1 heterocycles. The molecule has 0 aromatic carbocycles. The molecular weight excluding hydrogens is 236 g/mol. The standard InChI is InChI=1S/C11H18N4O3/c1-11(2,7-9(16)17)14-10(18)13-4-6-15-5-3-12-8-15/h3,5,8H,4,6-7H2,1-2H3,(H,16,17)(H2,13,14,18). The molecule has 2 amide bonds. The number of carbonyl (C=O) groups is 2. The minimum atomic E-state index is -0.946. The number of urea groups is 1. The summed E-state index contributed by atoms with van der Waals surface area (Å²) in [4.78, 5) is 26.0. The van der Waals surface area contributed by atoms with Crippen molar-refractivity contribution in [3.8, 4) is 0 Å². The van der Waals surface area contributed by atoms with Gasteiger partial charge in [0.05, 0.1) is 12.7 Å². The van der Waals surface area contributed by atoms with E-state index in [-0.39, 0.29) is 12.5 Å². The van der Waals surface area contributed by atoms with Gasteiger partial charge in [-0.15, -0.1) is 0 Å². The van der Waals surface area contributed by atoms with E-state index in [9.17, 15) is 9.59 Å². The fourth-order valence-corrected chi connectivity index (χ4v) is 1.49. The Morgan fingerprint density at radius 3 is 2.72 bits per heavy atom.